The number of hydrogen-bond acceptors (Lipinski definition) is 2. The highest BCUT2D eigenvalue weighted by atomic mass is 16.3. The Bertz CT molecular complexity index is 2510. The van der Waals surface area contributed by atoms with E-state index in [-0.39, 0.29) is 16.7 Å². The highest BCUT2D eigenvalue weighted by Gasteiger charge is 2.38. The van der Waals surface area contributed by atoms with Gasteiger partial charge in [-0.05, 0) is 80.6 Å². The zero-order valence-corrected chi connectivity index (χ0v) is 31.0. The van der Waals surface area contributed by atoms with Crippen LogP contribution in [0, 0.1) is 0 Å². The second-order valence-corrected chi connectivity index (χ2v) is 16.2. The summed E-state index contributed by atoms with van der Waals surface area (Å²) in [5, 5.41) is 1.16. The number of hydrogen-bond donors (Lipinski definition) is 0. The van der Waals surface area contributed by atoms with Crippen LogP contribution < -0.4 is 4.90 Å². The predicted octanol–water partition coefficient (Wildman–Crippen LogP) is 14.1. The van der Waals surface area contributed by atoms with Gasteiger partial charge in [0, 0.05) is 33.5 Å². The molecule has 1 atom stereocenters. The fourth-order valence-corrected chi connectivity index (χ4v) is 8.59. The van der Waals surface area contributed by atoms with Gasteiger partial charge in [0.1, 0.15) is 11.3 Å². The van der Waals surface area contributed by atoms with E-state index in [4.69, 9.17) is 4.42 Å². The molecule has 6 aromatic carbocycles. The number of para-hydroxylation sites is 2. The Morgan fingerprint density at radius 2 is 1.33 bits per heavy atom. The minimum atomic E-state index is -0.115. The minimum Gasteiger partial charge on any atom is -0.460 e. The summed E-state index contributed by atoms with van der Waals surface area (Å²) in [5.41, 5.74) is 17.3. The lowest BCUT2D eigenvalue weighted by Gasteiger charge is -2.33. The lowest BCUT2D eigenvalue weighted by molar-refractivity contribution is 0.502. The van der Waals surface area contributed by atoms with Gasteiger partial charge in [-0.15, -0.1) is 0 Å². The molecule has 52 heavy (non-hydrogen) atoms. The van der Waals surface area contributed by atoms with Crippen LogP contribution in [0.25, 0.3) is 50.0 Å². The van der Waals surface area contributed by atoms with Gasteiger partial charge in [0.05, 0.1) is 11.4 Å². The molecular weight excluding hydrogens is 631 g/mol. The van der Waals surface area contributed by atoms with Crippen molar-refractivity contribution in [2.24, 2.45) is 0 Å². The summed E-state index contributed by atoms with van der Waals surface area (Å²) in [4.78, 5) is 2.49. The summed E-state index contributed by atoms with van der Waals surface area (Å²) in [6.45, 7) is 14.0. The minimum absolute atomic E-state index is 0.0766. The van der Waals surface area contributed by atoms with Crippen molar-refractivity contribution in [2.45, 2.75) is 64.7 Å². The van der Waals surface area contributed by atoms with Crippen molar-refractivity contribution in [3.05, 3.63) is 174 Å². The molecule has 0 saturated carbocycles. The molecule has 0 aliphatic heterocycles. The molecule has 2 aliphatic rings. The molecule has 2 nitrogen and oxygen atoms in total. The van der Waals surface area contributed by atoms with Gasteiger partial charge in [-0.1, -0.05) is 163 Å². The van der Waals surface area contributed by atoms with Gasteiger partial charge in [-0.2, -0.15) is 0 Å². The average molecular weight is 676 g/mol. The molecule has 0 bridgehead atoms. The molecule has 1 aromatic heterocycles. The number of furan rings is 1. The summed E-state index contributed by atoms with van der Waals surface area (Å²) < 4.78 is 6.64. The summed E-state index contributed by atoms with van der Waals surface area (Å²) >= 11 is 0. The lowest BCUT2D eigenvalue weighted by atomic mass is 9.79. The van der Waals surface area contributed by atoms with Crippen molar-refractivity contribution in [3.8, 4) is 33.4 Å². The summed E-state index contributed by atoms with van der Waals surface area (Å²) in [5.74, 6) is 1.35. The van der Waals surface area contributed by atoms with Gasteiger partial charge in [-0.3, -0.25) is 0 Å². The van der Waals surface area contributed by atoms with E-state index < -0.39 is 0 Å². The van der Waals surface area contributed by atoms with Crippen molar-refractivity contribution in [3.63, 3.8) is 0 Å². The van der Waals surface area contributed by atoms with E-state index in [2.05, 4.69) is 192 Å². The Morgan fingerprint density at radius 1 is 0.635 bits per heavy atom. The first-order chi connectivity index (χ1) is 25.1. The molecule has 0 amide bonds. The first-order valence-corrected chi connectivity index (χ1v) is 18.7. The highest BCUT2D eigenvalue weighted by Crippen LogP contribution is 2.55. The molecule has 0 radical (unpaired) electrons. The van der Waals surface area contributed by atoms with E-state index in [1.807, 2.05) is 0 Å². The summed E-state index contributed by atoms with van der Waals surface area (Å²) in [7, 11) is 0. The van der Waals surface area contributed by atoms with E-state index in [1.54, 1.807) is 0 Å². The van der Waals surface area contributed by atoms with Crippen LogP contribution in [0.5, 0.6) is 0 Å². The van der Waals surface area contributed by atoms with Gasteiger partial charge in [0.15, 0.2) is 0 Å². The monoisotopic (exact) mass is 675 g/mol. The van der Waals surface area contributed by atoms with Crippen LogP contribution in [0.2, 0.25) is 0 Å². The Labute approximate surface area is 308 Å². The zero-order chi connectivity index (χ0) is 35.8. The Hall–Kier alpha value is -5.60. The third-order valence-corrected chi connectivity index (χ3v) is 11.5. The molecule has 0 fully saturated rings. The third kappa shape index (κ3) is 5.07. The largest absolute Gasteiger partial charge is 0.460 e. The molecule has 9 rings (SSSR count). The average Bonchev–Trinajstić information content (AvgIpc) is 3.67. The normalized spacial score (nSPS) is 15.9. The Kier molecular flexibility index (Phi) is 7.45. The lowest BCUT2D eigenvalue weighted by Crippen LogP contribution is -2.19. The maximum absolute atomic E-state index is 6.64. The van der Waals surface area contributed by atoms with Crippen LogP contribution in [0.4, 0.5) is 11.4 Å². The SMILES string of the molecule is CC1CC=C(N(c2ccc(-c3ccccc3)cc2)c2ccccc2-c2cccc3c2-c2ccc(C(C)(C)C)cc2C3(C)C)c2c1oc1ccccc21. The zero-order valence-electron chi connectivity index (χ0n) is 31.0. The van der Waals surface area contributed by atoms with Crippen LogP contribution in [0.1, 0.15) is 81.9 Å². The van der Waals surface area contributed by atoms with E-state index in [1.165, 1.54) is 61.3 Å². The number of nitrogens with zero attached hydrogens (tertiary/aromatic N) is 1. The maximum atomic E-state index is 6.64. The van der Waals surface area contributed by atoms with Gasteiger partial charge in [0.25, 0.3) is 0 Å². The molecule has 0 N–H and O–H groups in total. The molecule has 256 valence electrons. The van der Waals surface area contributed by atoms with Gasteiger partial charge in [0.2, 0.25) is 0 Å². The second kappa shape index (κ2) is 12.0. The number of allylic oxidation sites excluding steroid dienone is 1. The smallest absolute Gasteiger partial charge is 0.135 e. The molecule has 1 unspecified atom stereocenters. The number of anilines is 2. The van der Waals surface area contributed by atoms with E-state index in [9.17, 15) is 0 Å². The van der Waals surface area contributed by atoms with Crippen LogP contribution >= 0.6 is 0 Å². The summed E-state index contributed by atoms with van der Waals surface area (Å²) in [6.07, 6.45) is 3.33. The van der Waals surface area contributed by atoms with Crippen molar-refractivity contribution in [2.75, 3.05) is 4.90 Å². The molecule has 1 heterocycles. The molecule has 0 spiro atoms. The second-order valence-electron chi connectivity index (χ2n) is 16.2. The predicted molar refractivity (Wildman–Crippen MR) is 219 cm³/mol. The van der Waals surface area contributed by atoms with Crippen LogP contribution in [0.15, 0.2) is 150 Å². The highest BCUT2D eigenvalue weighted by molar-refractivity contribution is 6.04. The Morgan fingerprint density at radius 3 is 2.12 bits per heavy atom. The van der Waals surface area contributed by atoms with E-state index in [0.29, 0.717) is 0 Å². The van der Waals surface area contributed by atoms with Crippen LogP contribution in [-0.4, -0.2) is 0 Å². The van der Waals surface area contributed by atoms with E-state index >= 15 is 0 Å². The molecule has 2 heteroatoms. The number of benzene rings is 6. The molecule has 2 aliphatic carbocycles. The van der Waals surface area contributed by atoms with Crippen molar-refractivity contribution in [1.29, 1.82) is 0 Å². The third-order valence-electron chi connectivity index (χ3n) is 11.5. The summed E-state index contributed by atoms with van der Waals surface area (Å²) in [6, 6.07) is 51.3. The molecule has 0 saturated heterocycles. The van der Waals surface area contributed by atoms with Crippen molar-refractivity contribution >= 4 is 28.0 Å². The Balaban J connectivity index is 1.28. The molecule has 7 aromatic rings. The van der Waals surface area contributed by atoms with Gasteiger partial charge in [-0.25, -0.2) is 0 Å². The van der Waals surface area contributed by atoms with Gasteiger partial charge >= 0.3 is 0 Å². The maximum Gasteiger partial charge on any atom is 0.135 e. The van der Waals surface area contributed by atoms with Crippen LogP contribution in [0.3, 0.4) is 0 Å². The fraction of sp³-hybridized carbons (Fsp3) is 0.200. The topological polar surface area (TPSA) is 16.4 Å². The van der Waals surface area contributed by atoms with Crippen molar-refractivity contribution < 1.29 is 4.42 Å². The first kappa shape index (κ1) is 32.3. The van der Waals surface area contributed by atoms with Gasteiger partial charge < -0.3 is 9.32 Å². The standard InChI is InChI=1S/C50H45NO/c1-32-23-30-44(47-40-18-11-13-22-45(40)52-48(32)47)51(36-27-24-34(25-28-36)33-15-8-7-9-16-33)43-21-12-10-17-37(43)38-19-14-20-41-46(38)39-29-26-35(49(2,3)4)31-42(39)50(41,5)6/h7-22,24-32H,23H2,1-6H3. The van der Waals surface area contributed by atoms with Crippen LogP contribution in [-0.2, 0) is 10.8 Å². The van der Waals surface area contributed by atoms with Crippen molar-refractivity contribution in [1.82, 2.24) is 0 Å². The van der Waals surface area contributed by atoms with E-state index in [0.717, 1.165) is 34.5 Å². The molecular formula is C50H45NO. The first-order valence-electron chi connectivity index (χ1n) is 18.7. The number of fused-ring (bicyclic) bond motifs is 6. The quantitative estimate of drug-likeness (QED) is 0.181. The number of rotatable bonds is 5. The fourth-order valence-electron chi connectivity index (χ4n) is 8.59.